The molecule has 6 heteroatoms. The molecule has 0 aromatic carbocycles. The molecule has 0 aliphatic carbocycles. The first kappa shape index (κ1) is 79.3. The summed E-state index contributed by atoms with van der Waals surface area (Å²) in [6.07, 6.45) is 96.0. The van der Waals surface area contributed by atoms with E-state index in [2.05, 4.69) is 118 Å². The average molecular weight is 1160 g/mol. The molecule has 0 aliphatic rings. The van der Waals surface area contributed by atoms with Crippen LogP contribution in [0.2, 0.25) is 0 Å². The largest absolute Gasteiger partial charge is 0.462 e. The van der Waals surface area contributed by atoms with Crippen molar-refractivity contribution in [1.29, 1.82) is 0 Å². The first-order chi connectivity index (χ1) is 41.0. The maximum Gasteiger partial charge on any atom is 0.306 e. The number of rotatable bonds is 65. The van der Waals surface area contributed by atoms with Gasteiger partial charge in [0.2, 0.25) is 0 Å². The molecule has 0 radical (unpaired) electrons. The molecular formula is C77H134O6. The molecule has 0 aliphatic heterocycles. The fourth-order valence-corrected chi connectivity index (χ4v) is 10.3. The molecule has 0 spiro atoms. The number of ether oxygens (including phenoxy) is 3. The van der Waals surface area contributed by atoms with E-state index in [4.69, 9.17) is 14.2 Å². The van der Waals surface area contributed by atoms with Crippen LogP contribution in [-0.4, -0.2) is 37.2 Å². The normalized spacial score (nSPS) is 12.7. The van der Waals surface area contributed by atoms with Crippen LogP contribution in [0.25, 0.3) is 0 Å². The van der Waals surface area contributed by atoms with Gasteiger partial charge in [0.1, 0.15) is 13.2 Å². The summed E-state index contributed by atoms with van der Waals surface area (Å²) in [6.45, 7) is 6.44. The Balaban J connectivity index is 4.12. The van der Waals surface area contributed by atoms with E-state index in [0.29, 0.717) is 19.3 Å². The third-order valence-electron chi connectivity index (χ3n) is 15.6. The lowest BCUT2D eigenvalue weighted by Gasteiger charge is -2.18. The molecule has 6 nitrogen and oxygen atoms in total. The van der Waals surface area contributed by atoms with Gasteiger partial charge in [0.15, 0.2) is 6.10 Å². The molecule has 0 N–H and O–H groups in total. The van der Waals surface area contributed by atoms with E-state index in [9.17, 15) is 14.4 Å². The van der Waals surface area contributed by atoms with Crippen LogP contribution in [0, 0.1) is 0 Å². The summed E-state index contributed by atoms with van der Waals surface area (Å²) in [4.78, 5) is 38.3. The molecule has 1 unspecified atom stereocenters. The van der Waals surface area contributed by atoms with Crippen molar-refractivity contribution in [2.24, 2.45) is 0 Å². The summed E-state index contributed by atoms with van der Waals surface area (Å²) < 4.78 is 16.9. The van der Waals surface area contributed by atoms with E-state index < -0.39 is 6.10 Å². The molecular weight excluding hydrogens is 1020 g/mol. The Morgan fingerprint density at radius 3 is 0.735 bits per heavy atom. The number of esters is 3. The highest BCUT2D eigenvalue weighted by atomic mass is 16.6. The molecule has 0 saturated carbocycles. The number of carbonyl (C=O) groups excluding carboxylic acids is 3. The van der Waals surface area contributed by atoms with E-state index in [1.807, 2.05) is 0 Å². The average Bonchev–Trinajstić information content (AvgIpc) is 3.49. The summed E-state index contributed by atoms with van der Waals surface area (Å²) in [6, 6.07) is 0. The number of unbranched alkanes of at least 4 members (excludes halogenated alkanes) is 38. The van der Waals surface area contributed by atoms with E-state index in [0.717, 1.165) is 109 Å². The lowest BCUT2D eigenvalue weighted by molar-refractivity contribution is -0.167. The summed E-state index contributed by atoms with van der Waals surface area (Å²) in [5.74, 6) is -0.858. The third-order valence-corrected chi connectivity index (χ3v) is 15.6. The molecule has 0 bridgehead atoms. The van der Waals surface area contributed by atoms with Crippen LogP contribution in [0.1, 0.15) is 355 Å². The minimum absolute atomic E-state index is 0.0723. The van der Waals surface area contributed by atoms with Gasteiger partial charge in [0, 0.05) is 19.3 Å². The van der Waals surface area contributed by atoms with Crippen LogP contribution in [0.5, 0.6) is 0 Å². The van der Waals surface area contributed by atoms with Gasteiger partial charge in [-0.3, -0.25) is 14.4 Å². The highest BCUT2D eigenvalue weighted by Crippen LogP contribution is 2.18. The monoisotopic (exact) mass is 1160 g/mol. The smallest absolute Gasteiger partial charge is 0.306 e. The van der Waals surface area contributed by atoms with Crippen molar-refractivity contribution in [3.8, 4) is 0 Å². The van der Waals surface area contributed by atoms with E-state index in [1.165, 1.54) is 205 Å². The standard InChI is InChI=1S/C77H134O6/c1-4-7-10-13-16-19-21-23-25-27-29-31-33-35-37-38-40-41-43-45-47-49-51-53-55-58-61-64-67-70-76(79)82-73-74(72-81-75(78)69-66-63-60-57-18-15-12-9-6-3)83-77(80)71-68-65-62-59-56-54-52-50-48-46-44-42-39-36-34-32-30-28-26-24-22-20-17-14-11-8-5-2/h7-8,10-11,16-17,19-20,23-26,29-32,74H,4-6,9,12-15,18,21-22,27-28,33-73H2,1-3H3/b10-7-,11-8-,19-16-,20-17-,25-23-,26-24-,31-29-,32-30-. The van der Waals surface area contributed by atoms with Crippen LogP contribution in [0.4, 0.5) is 0 Å². The Labute approximate surface area is 515 Å². The predicted octanol–water partition coefficient (Wildman–Crippen LogP) is 24.8. The Bertz CT molecular complexity index is 1610. The van der Waals surface area contributed by atoms with Gasteiger partial charge in [-0.2, -0.15) is 0 Å². The molecule has 83 heavy (non-hydrogen) atoms. The molecule has 0 saturated heterocycles. The van der Waals surface area contributed by atoms with Gasteiger partial charge >= 0.3 is 17.9 Å². The highest BCUT2D eigenvalue weighted by Gasteiger charge is 2.19. The number of allylic oxidation sites excluding steroid dienone is 16. The van der Waals surface area contributed by atoms with Crippen LogP contribution in [0.15, 0.2) is 97.2 Å². The first-order valence-corrected chi connectivity index (χ1v) is 35.7. The molecule has 0 heterocycles. The van der Waals surface area contributed by atoms with E-state index in [-0.39, 0.29) is 31.1 Å². The zero-order valence-electron chi connectivity index (χ0n) is 54.9. The third kappa shape index (κ3) is 69.0. The zero-order chi connectivity index (χ0) is 59.9. The Morgan fingerprint density at radius 1 is 0.253 bits per heavy atom. The maximum atomic E-state index is 12.9. The SMILES string of the molecule is CC/C=C\C/C=C\C/C=C\C/C=C\CCCCCCCCCCCCCCCCCCC(=O)OCC(COC(=O)CCCCCCCCCCC)OC(=O)CCCCCCCCCCCCCCCC/C=C\C/C=C\C/C=C\C/C=C\CC. The first-order valence-electron chi connectivity index (χ1n) is 35.7. The quantitative estimate of drug-likeness (QED) is 0.0261. The summed E-state index contributed by atoms with van der Waals surface area (Å²) in [5, 5.41) is 0. The van der Waals surface area contributed by atoms with Crippen LogP contribution >= 0.6 is 0 Å². The molecule has 0 amide bonds. The van der Waals surface area contributed by atoms with Crippen molar-refractivity contribution in [2.75, 3.05) is 13.2 Å². The number of carbonyl (C=O) groups is 3. The Hall–Kier alpha value is -3.67. The highest BCUT2D eigenvalue weighted by molar-refractivity contribution is 5.71. The minimum atomic E-state index is -0.775. The second kappa shape index (κ2) is 70.8. The zero-order valence-corrected chi connectivity index (χ0v) is 54.9. The van der Waals surface area contributed by atoms with Crippen LogP contribution < -0.4 is 0 Å². The molecule has 0 aromatic rings. The Kier molecular flexibility index (Phi) is 67.7. The van der Waals surface area contributed by atoms with Crippen molar-refractivity contribution in [1.82, 2.24) is 0 Å². The van der Waals surface area contributed by atoms with Gasteiger partial charge in [-0.25, -0.2) is 0 Å². The van der Waals surface area contributed by atoms with Crippen molar-refractivity contribution in [2.45, 2.75) is 361 Å². The number of hydrogen-bond acceptors (Lipinski definition) is 6. The molecule has 478 valence electrons. The minimum Gasteiger partial charge on any atom is -0.462 e. The summed E-state index contributed by atoms with van der Waals surface area (Å²) in [5.41, 5.74) is 0. The summed E-state index contributed by atoms with van der Waals surface area (Å²) in [7, 11) is 0. The van der Waals surface area contributed by atoms with Gasteiger partial charge in [-0.15, -0.1) is 0 Å². The van der Waals surface area contributed by atoms with E-state index in [1.54, 1.807) is 0 Å². The fourth-order valence-electron chi connectivity index (χ4n) is 10.3. The van der Waals surface area contributed by atoms with Gasteiger partial charge in [0.05, 0.1) is 0 Å². The van der Waals surface area contributed by atoms with Crippen molar-refractivity contribution in [3.05, 3.63) is 97.2 Å². The van der Waals surface area contributed by atoms with Gasteiger partial charge in [-0.05, 0) is 96.3 Å². The second-order valence-corrected chi connectivity index (χ2v) is 23.7. The number of hydrogen-bond donors (Lipinski definition) is 0. The molecule has 0 aromatic heterocycles. The topological polar surface area (TPSA) is 78.9 Å². The maximum absolute atomic E-state index is 12.9. The molecule has 0 fully saturated rings. The predicted molar refractivity (Wildman–Crippen MR) is 362 cm³/mol. The van der Waals surface area contributed by atoms with E-state index >= 15 is 0 Å². The van der Waals surface area contributed by atoms with Crippen molar-refractivity contribution >= 4 is 17.9 Å². The van der Waals surface area contributed by atoms with Gasteiger partial charge < -0.3 is 14.2 Å². The fraction of sp³-hybridized carbons (Fsp3) is 0.753. The van der Waals surface area contributed by atoms with Crippen molar-refractivity contribution < 1.29 is 28.6 Å². The van der Waals surface area contributed by atoms with Crippen LogP contribution in [0.3, 0.4) is 0 Å². The van der Waals surface area contributed by atoms with Crippen LogP contribution in [-0.2, 0) is 28.6 Å². The lowest BCUT2D eigenvalue weighted by Crippen LogP contribution is -2.30. The summed E-state index contributed by atoms with van der Waals surface area (Å²) >= 11 is 0. The van der Waals surface area contributed by atoms with Crippen molar-refractivity contribution in [3.63, 3.8) is 0 Å². The molecule has 0 rings (SSSR count). The van der Waals surface area contributed by atoms with Gasteiger partial charge in [-0.1, -0.05) is 336 Å². The molecule has 1 atom stereocenters. The Morgan fingerprint density at radius 2 is 0.470 bits per heavy atom. The lowest BCUT2D eigenvalue weighted by atomic mass is 10.0. The van der Waals surface area contributed by atoms with Gasteiger partial charge in [0.25, 0.3) is 0 Å². The second-order valence-electron chi connectivity index (χ2n) is 23.7.